The van der Waals surface area contributed by atoms with E-state index >= 15 is 0 Å². The fraction of sp³-hybridized carbons (Fsp3) is 0.435. The lowest BCUT2D eigenvalue weighted by atomic mass is 9.95. The quantitative estimate of drug-likeness (QED) is 0.593. The number of esters is 2. The van der Waals surface area contributed by atoms with Gasteiger partial charge in [0.05, 0.1) is 32.0 Å². The van der Waals surface area contributed by atoms with Gasteiger partial charge < -0.3 is 24.3 Å². The molecule has 1 aromatic heterocycles. The lowest BCUT2D eigenvalue weighted by molar-refractivity contribution is -0.123. The zero-order chi connectivity index (χ0) is 23.3. The van der Waals surface area contributed by atoms with Crippen molar-refractivity contribution in [2.45, 2.75) is 45.6 Å². The fourth-order valence-electron chi connectivity index (χ4n) is 3.49. The van der Waals surface area contributed by atoms with Crippen LogP contribution in [0.15, 0.2) is 18.2 Å². The van der Waals surface area contributed by atoms with Gasteiger partial charge in [-0.3, -0.25) is 4.79 Å². The van der Waals surface area contributed by atoms with E-state index in [2.05, 4.69) is 5.32 Å². The summed E-state index contributed by atoms with van der Waals surface area (Å²) in [6, 6.07) is 4.63. The predicted octanol–water partition coefficient (Wildman–Crippen LogP) is 4.00. The Bertz CT molecular complexity index is 992. The molecule has 1 amide bonds. The summed E-state index contributed by atoms with van der Waals surface area (Å²) >= 11 is 1.38. The molecule has 9 heteroatoms. The number of amides is 1. The highest BCUT2D eigenvalue weighted by molar-refractivity contribution is 7.17. The standard InChI is InChI=1S/C23H27NO7S/c1-5-30-23(27)19-17-8-6-7-9-18(17)32-21(19)24-20(25)13(2)31-22(26)14-10-15(28-3)12-16(11-14)29-4/h10-13H,5-9H2,1-4H3,(H,24,25). The maximum absolute atomic E-state index is 12.8. The Labute approximate surface area is 190 Å². The number of methoxy groups -OCH3 is 2. The molecule has 8 nitrogen and oxygen atoms in total. The second kappa shape index (κ2) is 10.5. The summed E-state index contributed by atoms with van der Waals surface area (Å²) in [7, 11) is 2.95. The largest absolute Gasteiger partial charge is 0.497 e. The van der Waals surface area contributed by atoms with E-state index in [0.717, 1.165) is 36.1 Å². The molecule has 1 aliphatic rings. The highest BCUT2D eigenvalue weighted by atomic mass is 32.1. The van der Waals surface area contributed by atoms with Gasteiger partial charge in [-0.25, -0.2) is 9.59 Å². The molecule has 2 aromatic rings. The first-order chi connectivity index (χ1) is 15.4. The van der Waals surface area contributed by atoms with Gasteiger partial charge in [-0.1, -0.05) is 0 Å². The molecule has 0 spiro atoms. The van der Waals surface area contributed by atoms with E-state index < -0.39 is 23.9 Å². The van der Waals surface area contributed by atoms with Crippen LogP contribution in [-0.4, -0.2) is 44.8 Å². The summed E-state index contributed by atoms with van der Waals surface area (Å²) in [4.78, 5) is 39.0. The van der Waals surface area contributed by atoms with Gasteiger partial charge in [0.2, 0.25) is 0 Å². The van der Waals surface area contributed by atoms with Crippen molar-refractivity contribution in [1.82, 2.24) is 0 Å². The molecule has 172 valence electrons. The zero-order valence-electron chi connectivity index (χ0n) is 18.6. The second-order valence-electron chi connectivity index (χ2n) is 7.27. The Hall–Kier alpha value is -3.07. The minimum Gasteiger partial charge on any atom is -0.497 e. The lowest BCUT2D eigenvalue weighted by Gasteiger charge is -2.15. The molecule has 0 aliphatic heterocycles. The van der Waals surface area contributed by atoms with Gasteiger partial charge in [-0.05, 0) is 57.2 Å². The van der Waals surface area contributed by atoms with Crippen molar-refractivity contribution in [3.63, 3.8) is 0 Å². The molecule has 0 bridgehead atoms. The third kappa shape index (κ3) is 5.21. The number of nitrogens with one attached hydrogen (secondary N) is 1. The molecular formula is C23H27NO7S. The van der Waals surface area contributed by atoms with E-state index in [9.17, 15) is 14.4 Å². The van der Waals surface area contributed by atoms with Crippen LogP contribution in [0.25, 0.3) is 0 Å². The third-order valence-corrected chi connectivity index (χ3v) is 6.34. The van der Waals surface area contributed by atoms with Gasteiger partial charge in [-0.15, -0.1) is 11.3 Å². The van der Waals surface area contributed by atoms with Crippen molar-refractivity contribution in [3.05, 3.63) is 39.8 Å². The number of thiophene rings is 1. The molecule has 0 saturated heterocycles. The smallest absolute Gasteiger partial charge is 0.341 e. The Balaban J connectivity index is 1.75. The van der Waals surface area contributed by atoms with E-state index in [1.807, 2.05) is 0 Å². The van der Waals surface area contributed by atoms with E-state index in [4.69, 9.17) is 18.9 Å². The molecule has 32 heavy (non-hydrogen) atoms. The van der Waals surface area contributed by atoms with Gasteiger partial charge in [0.1, 0.15) is 16.5 Å². The van der Waals surface area contributed by atoms with Crippen LogP contribution in [0.4, 0.5) is 5.00 Å². The molecule has 1 heterocycles. The third-order valence-electron chi connectivity index (χ3n) is 5.13. The number of rotatable bonds is 8. The Morgan fingerprint density at radius 2 is 1.69 bits per heavy atom. The lowest BCUT2D eigenvalue weighted by Crippen LogP contribution is -2.30. The molecule has 1 aliphatic carbocycles. The first-order valence-electron chi connectivity index (χ1n) is 10.4. The minimum absolute atomic E-state index is 0.194. The van der Waals surface area contributed by atoms with Crippen LogP contribution in [0.1, 0.15) is 57.8 Å². The normalized spacial score (nSPS) is 13.5. The van der Waals surface area contributed by atoms with Crippen LogP contribution >= 0.6 is 11.3 Å². The van der Waals surface area contributed by atoms with Crippen LogP contribution < -0.4 is 14.8 Å². The Kier molecular flexibility index (Phi) is 7.74. The number of carbonyl (C=O) groups is 3. The minimum atomic E-state index is -1.09. The average Bonchev–Trinajstić information content (AvgIpc) is 3.16. The Morgan fingerprint density at radius 3 is 2.31 bits per heavy atom. The number of hydrogen-bond donors (Lipinski definition) is 1. The summed E-state index contributed by atoms with van der Waals surface area (Å²) in [6.45, 7) is 3.46. The van der Waals surface area contributed by atoms with Crippen LogP contribution in [-0.2, 0) is 27.1 Å². The summed E-state index contributed by atoms with van der Waals surface area (Å²) in [5.74, 6) is -0.818. The first kappa shape index (κ1) is 23.6. The van der Waals surface area contributed by atoms with Crippen LogP contribution in [0, 0.1) is 0 Å². The highest BCUT2D eigenvalue weighted by Gasteiger charge is 2.29. The second-order valence-corrected chi connectivity index (χ2v) is 8.38. The topological polar surface area (TPSA) is 100 Å². The van der Waals surface area contributed by atoms with E-state index in [0.29, 0.717) is 22.1 Å². The van der Waals surface area contributed by atoms with Crippen LogP contribution in [0.3, 0.4) is 0 Å². The van der Waals surface area contributed by atoms with Crippen molar-refractivity contribution in [1.29, 1.82) is 0 Å². The van der Waals surface area contributed by atoms with Crippen molar-refractivity contribution < 1.29 is 33.3 Å². The first-order valence-corrected chi connectivity index (χ1v) is 11.3. The number of fused-ring (bicyclic) bond motifs is 1. The summed E-state index contributed by atoms with van der Waals surface area (Å²) < 4.78 is 20.9. The van der Waals surface area contributed by atoms with Gasteiger partial charge in [-0.2, -0.15) is 0 Å². The summed E-state index contributed by atoms with van der Waals surface area (Å²) in [5.41, 5.74) is 1.55. The maximum atomic E-state index is 12.8. The van der Waals surface area contributed by atoms with Crippen molar-refractivity contribution in [2.24, 2.45) is 0 Å². The summed E-state index contributed by atoms with van der Waals surface area (Å²) in [5, 5.41) is 3.20. The summed E-state index contributed by atoms with van der Waals surface area (Å²) in [6.07, 6.45) is 2.58. The van der Waals surface area contributed by atoms with Crippen molar-refractivity contribution >= 4 is 34.2 Å². The van der Waals surface area contributed by atoms with E-state index in [-0.39, 0.29) is 12.2 Å². The number of carbonyl (C=O) groups excluding carboxylic acids is 3. The molecule has 0 saturated carbocycles. The SMILES string of the molecule is CCOC(=O)c1c(NC(=O)C(C)OC(=O)c2cc(OC)cc(OC)c2)sc2c1CCCC2. The van der Waals surface area contributed by atoms with E-state index in [1.165, 1.54) is 44.6 Å². The number of hydrogen-bond acceptors (Lipinski definition) is 8. The predicted molar refractivity (Wildman–Crippen MR) is 120 cm³/mol. The van der Waals surface area contributed by atoms with Gasteiger partial charge >= 0.3 is 11.9 Å². The highest BCUT2D eigenvalue weighted by Crippen LogP contribution is 2.38. The number of benzene rings is 1. The molecular weight excluding hydrogens is 434 g/mol. The average molecular weight is 462 g/mol. The monoisotopic (exact) mass is 461 g/mol. The fourth-order valence-corrected chi connectivity index (χ4v) is 4.77. The van der Waals surface area contributed by atoms with Crippen molar-refractivity contribution in [2.75, 3.05) is 26.1 Å². The van der Waals surface area contributed by atoms with Crippen LogP contribution in [0.2, 0.25) is 0 Å². The molecule has 1 unspecified atom stereocenters. The van der Waals surface area contributed by atoms with Gasteiger partial charge in [0.15, 0.2) is 6.10 Å². The zero-order valence-corrected chi connectivity index (χ0v) is 19.4. The van der Waals surface area contributed by atoms with Gasteiger partial charge in [0, 0.05) is 10.9 Å². The van der Waals surface area contributed by atoms with E-state index in [1.54, 1.807) is 13.0 Å². The number of ether oxygens (including phenoxy) is 4. The van der Waals surface area contributed by atoms with Gasteiger partial charge in [0.25, 0.3) is 5.91 Å². The molecule has 1 atom stereocenters. The molecule has 3 rings (SSSR count). The number of anilines is 1. The molecule has 0 radical (unpaired) electrons. The van der Waals surface area contributed by atoms with Crippen LogP contribution in [0.5, 0.6) is 11.5 Å². The maximum Gasteiger partial charge on any atom is 0.341 e. The van der Waals surface area contributed by atoms with Crippen molar-refractivity contribution in [3.8, 4) is 11.5 Å². The molecule has 1 N–H and O–H groups in total. The molecule has 0 fully saturated rings. The molecule has 1 aromatic carbocycles. The number of aryl methyl sites for hydroxylation is 1. The Morgan fingerprint density at radius 1 is 1.03 bits per heavy atom.